The van der Waals surface area contributed by atoms with E-state index in [-0.39, 0.29) is 29.9 Å². The quantitative estimate of drug-likeness (QED) is 0.914. The Labute approximate surface area is 144 Å². The fraction of sp³-hybridized carbons (Fsp3) is 0.444. The zero-order chi connectivity index (χ0) is 17.2. The molecule has 2 aromatic rings. The molecule has 2 saturated heterocycles. The van der Waals surface area contributed by atoms with Crippen molar-refractivity contribution in [3.63, 3.8) is 0 Å². The first-order chi connectivity index (χ1) is 12.2. The van der Waals surface area contributed by atoms with E-state index in [1.165, 1.54) is 12.5 Å². The van der Waals surface area contributed by atoms with Gasteiger partial charge in [0.2, 0.25) is 5.91 Å². The summed E-state index contributed by atoms with van der Waals surface area (Å²) < 4.78 is 16.0. The number of ether oxygens (including phenoxy) is 1. The summed E-state index contributed by atoms with van der Waals surface area (Å²) in [5.41, 5.74) is 0.502. The maximum absolute atomic E-state index is 12.8. The monoisotopic (exact) mass is 344 g/mol. The lowest BCUT2D eigenvalue weighted by Gasteiger charge is -2.40. The molecule has 0 unspecified atom stereocenters. The van der Waals surface area contributed by atoms with Gasteiger partial charge >= 0.3 is 0 Å². The number of carbonyl (C=O) groups is 2. The lowest BCUT2D eigenvalue weighted by Crippen LogP contribution is -2.54. The van der Waals surface area contributed by atoms with E-state index < -0.39 is 0 Å². The standard InChI is InChI=1S/C18H20N2O5/c21-17(19-9-14-2-1-5-24-14)13-8-16-15(4-7-25-16)20(10-13)18(22)12-3-6-23-11-12/h1-3,5-6,11,13,15-16H,4,7-10H2,(H,19,21)/t13-,15+,16+/m1/s1. The van der Waals surface area contributed by atoms with Gasteiger partial charge in [-0.25, -0.2) is 0 Å². The van der Waals surface area contributed by atoms with Crippen LogP contribution in [0.1, 0.15) is 29.0 Å². The van der Waals surface area contributed by atoms with Crippen LogP contribution < -0.4 is 5.32 Å². The Balaban J connectivity index is 1.46. The molecule has 25 heavy (non-hydrogen) atoms. The van der Waals surface area contributed by atoms with E-state index in [2.05, 4.69) is 5.32 Å². The van der Waals surface area contributed by atoms with Gasteiger partial charge in [-0.2, -0.15) is 0 Å². The molecule has 4 heterocycles. The van der Waals surface area contributed by atoms with E-state index in [0.717, 1.165) is 6.42 Å². The van der Waals surface area contributed by atoms with Gasteiger partial charge in [0.05, 0.1) is 42.7 Å². The number of hydrogen-bond acceptors (Lipinski definition) is 5. The van der Waals surface area contributed by atoms with Crippen molar-refractivity contribution in [2.45, 2.75) is 31.5 Å². The van der Waals surface area contributed by atoms with Gasteiger partial charge in [0.15, 0.2) is 0 Å². The summed E-state index contributed by atoms with van der Waals surface area (Å²) in [5.74, 6) is 0.198. The van der Waals surface area contributed by atoms with Crippen molar-refractivity contribution in [1.82, 2.24) is 10.2 Å². The number of amides is 2. The molecule has 2 aromatic heterocycles. The molecule has 1 N–H and O–H groups in total. The average Bonchev–Trinajstić information content (AvgIpc) is 3.40. The maximum atomic E-state index is 12.8. The zero-order valence-corrected chi connectivity index (χ0v) is 13.7. The third-order valence-corrected chi connectivity index (χ3v) is 4.93. The van der Waals surface area contributed by atoms with Gasteiger partial charge in [-0.1, -0.05) is 0 Å². The van der Waals surface area contributed by atoms with Gasteiger partial charge in [-0.05, 0) is 31.0 Å². The first-order valence-electron chi connectivity index (χ1n) is 8.47. The molecule has 0 bridgehead atoms. The van der Waals surface area contributed by atoms with Crippen molar-refractivity contribution in [2.24, 2.45) is 5.92 Å². The predicted octanol–water partition coefficient (Wildman–Crippen LogP) is 1.81. The number of hydrogen-bond donors (Lipinski definition) is 1. The van der Waals surface area contributed by atoms with Crippen molar-refractivity contribution in [3.8, 4) is 0 Å². The number of rotatable bonds is 4. The Morgan fingerprint density at radius 1 is 1.28 bits per heavy atom. The maximum Gasteiger partial charge on any atom is 0.257 e. The van der Waals surface area contributed by atoms with Crippen molar-refractivity contribution >= 4 is 11.8 Å². The molecule has 0 spiro atoms. The summed E-state index contributed by atoms with van der Waals surface area (Å²) in [6.07, 6.45) is 5.83. The van der Waals surface area contributed by atoms with Crippen LogP contribution >= 0.6 is 0 Å². The number of likely N-dealkylation sites (tertiary alicyclic amines) is 1. The van der Waals surface area contributed by atoms with Crippen LogP contribution in [-0.4, -0.2) is 42.0 Å². The smallest absolute Gasteiger partial charge is 0.257 e. The SMILES string of the molecule is O=C(NCc1ccco1)[C@@H]1C[C@@H]2OCC[C@@H]2N(C(=O)c2ccoc2)C1. The summed E-state index contributed by atoms with van der Waals surface area (Å²) in [5, 5.41) is 2.88. The van der Waals surface area contributed by atoms with E-state index in [0.29, 0.717) is 37.4 Å². The number of furan rings is 2. The molecule has 0 saturated carbocycles. The van der Waals surface area contributed by atoms with E-state index >= 15 is 0 Å². The summed E-state index contributed by atoms with van der Waals surface area (Å²) in [6, 6.07) is 5.26. The minimum absolute atomic E-state index is 0.0246. The van der Waals surface area contributed by atoms with Gasteiger partial charge in [0.25, 0.3) is 5.91 Å². The lowest BCUT2D eigenvalue weighted by molar-refractivity contribution is -0.129. The van der Waals surface area contributed by atoms with Crippen LogP contribution in [0.15, 0.2) is 45.8 Å². The van der Waals surface area contributed by atoms with Gasteiger partial charge in [-0.3, -0.25) is 9.59 Å². The Kier molecular flexibility index (Phi) is 4.31. The third-order valence-electron chi connectivity index (χ3n) is 4.93. The highest BCUT2D eigenvalue weighted by Crippen LogP contribution is 2.32. The minimum atomic E-state index is -0.301. The fourth-order valence-electron chi connectivity index (χ4n) is 3.65. The molecule has 0 aliphatic carbocycles. The van der Waals surface area contributed by atoms with Crippen LogP contribution in [0, 0.1) is 5.92 Å². The fourth-order valence-corrected chi connectivity index (χ4v) is 3.65. The average molecular weight is 344 g/mol. The topological polar surface area (TPSA) is 84.9 Å². The van der Waals surface area contributed by atoms with Crippen LogP contribution in [0.2, 0.25) is 0 Å². The first-order valence-corrected chi connectivity index (χ1v) is 8.47. The molecule has 2 aliphatic heterocycles. The van der Waals surface area contributed by atoms with Gasteiger partial charge in [0, 0.05) is 13.2 Å². The van der Waals surface area contributed by atoms with Crippen molar-refractivity contribution in [1.29, 1.82) is 0 Å². The van der Waals surface area contributed by atoms with Crippen molar-refractivity contribution in [3.05, 3.63) is 48.3 Å². The molecule has 0 aromatic carbocycles. The second-order valence-corrected chi connectivity index (χ2v) is 6.46. The van der Waals surface area contributed by atoms with Gasteiger partial charge in [0.1, 0.15) is 12.0 Å². The minimum Gasteiger partial charge on any atom is -0.472 e. The van der Waals surface area contributed by atoms with Crippen LogP contribution in [0.4, 0.5) is 0 Å². The Hall–Kier alpha value is -2.54. The van der Waals surface area contributed by atoms with Crippen LogP contribution in [-0.2, 0) is 16.1 Å². The Morgan fingerprint density at radius 3 is 2.96 bits per heavy atom. The van der Waals surface area contributed by atoms with Crippen molar-refractivity contribution in [2.75, 3.05) is 13.2 Å². The molecular weight excluding hydrogens is 324 g/mol. The molecule has 2 fully saturated rings. The summed E-state index contributed by atoms with van der Waals surface area (Å²) in [7, 11) is 0. The molecule has 4 rings (SSSR count). The van der Waals surface area contributed by atoms with E-state index in [4.69, 9.17) is 13.6 Å². The van der Waals surface area contributed by atoms with E-state index in [1.54, 1.807) is 23.3 Å². The first kappa shape index (κ1) is 16.0. The Morgan fingerprint density at radius 2 is 2.20 bits per heavy atom. The number of nitrogens with zero attached hydrogens (tertiary/aromatic N) is 1. The van der Waals surface area contributed by atoms with Crippen LogP contribution in [0.25, 0.3) is 0 Å². The highest BCUT2D eigenvalue weighted by molar-refractivity contribution is 5.94. The molecule has 7 heteroatoms. The second kappa shape index (κ2) is 6.76. The van der Waals surface area contributed by atoms with Gasteiger partial charge in [-0.15, -0.1) is 0 Å². The Bertz CT molecular complexity index is 725. The number of nitrogens with one attached hydrogen (secondary N) is 1. The normalized spacial score (nSPS) is 25.6. The van der Waals surface area contributed by atoms with Gasteiger partial charge < -0.3 is 23.8 Å². The molecular formula is C18H20N2O5. The highest BCUT2D eigenvalue weighted by atomic mass is 16.5. The number of fused-ring (bicyclic) bond motifs is 1. The molecule has 0 radical (unpaired) electrons. The van der Waals surface area contributed by atoms with Crippen LogP contribution in [0.3, 0.4) is 0 Å². The molecule has 132 valence electrons. The molecule has 7 nitrogen and oxygen atoms in total. The highest BCUT2D eigenvalue weighted by Gasteiger charge is 2.44. The summed E-state index contributed by atoms with van der Waals surface area (Å²) in [4.78, 5) is 27.1. The van der Waals surface area contributed by atoms with E-state index in [1.807, 2.05) is 6.07 Å². The predicted molar refractivity (Wildman–Crippen MR) is 86.6 cm³/mol. The van der Waals surface area contributed by atoms with Crippen LogP contribution in [0.5, 0.6) is 0 Å². The summed E-state index contributed by atoms with van der Waals surface area (Å²) >= 11 is 0. The van der Waals surface area contributed by atoms with E-state index in [9.17, 15) is 9.59 Å². The molecule has 2 amide bonds. The third kappa shape index (κ3) is 3.19. The number of piperidine rings is 1. The lowest BCUT2D eigenvalue weighted by atomic mass is 9.89. The van der Waals surface area contributed by atoms with Crippen molar-refractivity contribution < 1.29 is 23.2 Å². The summed E-state index contributed by atoms with van der Waals surface area (Å²) in [6.45, 7) is 1.34. The largest absolute Gasteiger partial charge is 0.472 e. The second-order valence-electron chi connectivity index (χ2n) is 6.46. The number of carbonyl (C=O) groups excluding carboxylic acids is 2. The molecule has 3 atom stereocenters. The molecule has 2 aliphatic rings. The zero-order valence-electron chi connectivity index (χ0n) is 13.7.